The average molecular weight is 222 g/mol. The van der Waals surface area contributed by atoms with Gasteiger partial charge in [-0.25, -0.2) is 0 Å². The smallest absolute Gasteiger partial charge is 0.125 e. The Morgan fingerprint density at radius 1 is 1.25 bits per heavy atom. The van der Waals surface area contributed by atoms with E-state index in [0.29, 0.717) is 11.3 Å². The molecule has 0 radical (unpaired) electrons. The van der Waals surface area contributed by atoms with Gasteiger partial charge in [-0.3, -0.25) is 0 Å². The maximum Gasteiger partial charge on any atom is 0.125 e. The van der Waals surface area contributed by atoms with E-state index in [1.807, 2.05) is 0 Å². The highest BCUT2D eigenvalue weighted by molar-refractivity contribution is 5.17. The van der Waals surface area contributed by atoms with Crippen LogP contribution in [0, 0.1) is 29.1 Å². The zero-order chi connectivity index (χ0) is 11.8. The van der Waals surface area contributed by atoms with Gasteiger partial charge in [0.05, 0.1) is 0 Å². The molecule has 3 atom stereocenters. The molecule has 2 nitrogen and oxygen atoms in total. The van der Waals surface area contributed by atoms with Crippen molar-refractivity contribution in [1.82, 2.24) is 0 Å². The summed E-state index contributed by atoms with van der Waals surface area (Å²) in [6.07, 6.45) is 5.23. The van der Waals surface area contributed by atoms with Crippen molar-refractivity contribution in [2.24, 2.45) is 17.3 Å². The van der Waals surface area contributed by atoms with Gasteiger partial charge in [0, 0.05) is 0 Å². The van der Waals surface area contributed by atoms with Gasteiger partial charge >= 0.3 is 0 Å². The fourth-order valence-corrected chi connectivity index (χ4v) is 3.58. The van der Waals surface area contributed by atoms with Gasteiger partial charge in [0.1, 0.15) is 12.2 Å². The lowest BCUT2D eigenvalue weighted by Gasteiger charge is -2.40. The van der Waals surface area contributed by atoms with Gasteiger partial charge in [0.15, 0.2) is 0 Å². The molecule has 3 unspecified atom stereocenters. The fourth-order valence-electron chi connectivity index (χ4n) is 3.58. The predicted octanol–water partition coefficient (Wildman–Crippen LogP) is 1.95. The Balaban J connectivity index is 2.13. The van der Waals surface area contributed by atoms with Crippen molar-refractivity contribution in [3.8, 4) is 11.8 Å². The summed E-state index contributed by atoms with van der Waals surface area (Å²) in [5.74, 6) is 6.85. The van der Waals surface area contributed by atoms with Crippen molar-refractivity contribution in [3.63, 3.8) is 0 Å². The minimum atomic E-state index is -0.842. The molecule has 2 heteroatoms. The van der Waals surface area contributed by atoms with E-state index in [1.54, 1.807) is 0 Å². The summed E-state index contributed by atoms with van der Waals surface area (Å²) in [7, 11) is 0. The molecule has 0 bridgehead atoms. The van der Waals surface area contributed by atoms with Crippen molar-refractivity contribution >= 4 is 0 Å². The predicted molar refractivity (Wildman–Crippen MR) is 63.7 cm³/mol. The summed E-state index contributed by atoms with van der Waals surface area (Å²) in [4.78, 5) is 0. The third kappa shape index (κ3) is 2.12. The molecule has 2 aliphatic rings. The van der Waals surface area contributed by atoms with E-state index < -0.39 is 5.60 Å². The lowest BCUT2D eigenvalue weighted by atomic mass is 9.66. The maximum absolute atomic E-state index is 10.4. The Hall–Kier alpha value is -0.520. The quantitative estimate of drug-likeness (QED) is 0.615. The van der Waals surface area contributed by atoms with E-state index >= 15 is 0 Å². The summed E-state index contributed by atoms with van der Waals surface area (Å²) in [5, 5.41) is 19.1. The van der Waals surface area contributed by atoms with E-state index in [4.69, 9.17) is 5.11 Å². The highest BCUT2D eigenvalue weighted by atomic mass is 16.3. The molecule has 0 saturated heterocycles. The highest BCUT2D eigenvalue weighted by Crippen LogP contribution is 2.54. The molecule has 0 heterocycles. The zero-order valence-electron chi connectivity index (χ0n) is 10.3. The Morgan fingerprint density at radius 2 is 1.94 bits per heavy atom. The molecule has 90 valence electrons. The first-order valence-corrected chi connectivity index (χ1v) is 6.30. The van der Waals surface area contributed by atoms with Crippen molar-refractivity contribution < 1.29 is 10.2 Å². The van der Waals surface area contributed by atoms with E-state index in [-0.39, 0.29) is 6.61 Å². The van der Waals surface area contributed by atoms with Gasteiger partial charge < -0.3 is 10.2 Å². The maximum atomic E-state index is 10.4. The third-order valence-corrected chi connectivity index (χ3v) is 4.62. The molecule has 0 amide bonds. The lowest BCUT2D eigenvalue weighted by molar-refractivity contribution is -0.00357. The molecule has 2 rings (SSSR count). The second kappa shape index (κ2) is 4.05. The largest absolute Gasteiger partial charge is 0.384 e. The van der Waals surface area contributed by atoms with E-state index in [9.17, 15) is 5.11 Å². The van der Waals surface area contributed by atoms with Gasteiger partial charge in [-0.15, -0.1) is 0 Å². The van der Waals surface area contributed by atoms with Gasteiger partial charge in [-0.1, -0.05) is 25.7 Å². The number of aliphatic hydroxyl groups is 2. The number of rotatable bonds is 0. The minimum absolute atomic E-state index is 0.153. The van der Waals surface area contributed by atoms with Crippen LogP contribution in [0.3, 0.4) is 0 Å². The van der Waals surface area contributed by atoms with Crippen molar-refractivity contribution in [3.05, 3.63) is 0 Å². The molecule has 0 aromatic heterocycles. The van der Waals surface area contributed by atoms with Gasteiger partial charge in [-0.05, 0) is 49.4 Å². The van der Waals surface area contributed by atoms with Gasteiger partial charge in [-0.2, -0.15) is 0 Å². The normalized spacial score (nSPS) is 41.0. The average Bonchev–Trinajstić information content (AvgIpc) is 2.52. The Bertz CT molecular complexity index is 323. The van der Waals surface area contributed by atoms with Crippen LogP contribution in [0.15, 0.2) is 0 Å². The van der Waals surface area contributed by atoms with Crippen molar-refractivity contribution in [1.29, 1.82) is 0 Å². The first-order valence-electron chi connectivity index (χ1n) is 6.30. The van der Waals surface area contributed by atoms with Crippen LogP contribution in [0.25, 0.3) is 0 Å². The van der Waals surface area contributed by atoms with Gasteiger partial charge in [0.25, 0.3) is 0 Å². The monoisotopic (exact) mass is 222 g/mol. The standard InChI is InChI=1S/C14H22O2/c1-13(2)7-4-11-5-8-14(16,6-3-9-15)10-12(11)13/h11-12,15-16H,4-5,7-10H2,1-2H3. The van der Waals surface area contributed by atoms with Crippen molar-refractivity contribution in [2.45, 2.75) is 51.6 Å². The van der Waals surface area contributed by atoms with E-state index in [0.717, 1.165) is 25.2 Å². The van der Waals surface area contributed by atoms with Crippen LogP contribution in [0.2, 0.25) is 0 Å². The second-order valence-corrected chi connectivity index (χ2v) is 6.13. The van der Waals surface area contributed by atoms with Crippen LogP contribution < -0.4 is 0 Å². The summed E-state index contributed by atoms with van der Waals surface area (Å²) in [6.45, 7) is 4.46. The SMILES string of the molecule is CC1(C)CCC2CCC(O)(C#CCO)CC21. The summed E-state index contributed by atoms with van der Waals surface area (Å²) >= 11 is 0. The Kier molecular flexibility index (Phi) is 3.03. The number of aliphatic hydroxyl groups excluding tert-OH is 1. The minimum Gasteiger partial charge on any atom is -0.384 e. The molecule has 2 fully saturated rings. The van der Waals surface area contributed by atoms with Gasteiger partial charge in [0.2, 0.25) is 0 Å². The highest BCUT2D eigenvalue weighted by Gasteiger charge is 2.48. The number of hydrogen-bond donors (Lipinski definition) is 2. The first kappa shape index (κ1) is 12.0. The summed E-state index contributed by atoms with van der Waals surface area (Å²) in [5.41, 5.74) is -0.495. The molecule has 16 heavy (non-hydrogen) atoms. The number of hydrogen-bond acceptors (Lipinski definition) is 2. The molecule has 0 spiro atoms. The molecule has 0 aromatic rings. The van der Waals surface area contributed by atoms with Crippen LogP contribution in [-0.2, 0) is 0 Å². The topological polar surface area (TPSA) is 40.5 Å². The molecule has 2 N–H and O–H groups in total. The summed E-state index contributed by atoms with van der Waals surface area (Å²) in [6, 6.07) is 0. The van der Waals surface area contributed by atoms with Crippen LogP contribution in [-0.4, -0.2) is 22.4 Å². The molecule has 0 aromatic carbocycles. The van der Waals surface area contributed by atoms with E-state index in [1.165, 1.54) is 12.8 Å². The third-order valence-electron chi connectivity index (χ3n) is 4.62. The zero-order valence-corrected chi connectivity index (χ0v) is 10.3. The van der Waals surface area contributed by atoms with Crippen LogP contribution in [0.1, 0.15) is 46.0 Å². The molecular weight excluding hydrogens is 200 g/mol. The Labute approximate surface area is 98.1 Å². The van der Waals surface area contributed by atoms with Crippen LogP contribution in [0.5, 0.6) is 0 Å². The summed E-state index contributed by atoms with van der Waals surface area (Å²) < 4.78 is 0. The fraction of sp³-hybridized carbons (Fsp3) is 0.857. The van der Waals surface area contributed by atoms with Crippen LogP contribution >= 0.6 is 0 Å². The first-order chi connectivity index (χ1) is 7.47. The molecular formula is C14H22O2. The Morgan fingerprint density at radius 3 is 2.62 bits per heavy atom. The molecule has 0 aliphatic heterocycles. The molecule has 2 aliphatic carbocycles. The second-order valence-electron chi connectivity index (χ2n) is 6.13. The van der Waals surface area contributed by atoms with Crippen molar-refractivity contribution in [2.75, 3.05) is 6.61 Å². The molecule has 2 saturated carbocycles. The lowest BCUT2D eigenvalue weighted by Crippen LogP contribution is -2.40. The number of fused-ring (bicyclic) bond motifs is 1. The van der Waals surface area contributed by atoms with E-state index in [2.05, 4.69) is 25.7 Å². The van der Waals surface area contributed by atoms with Crippen LogP contribution in [0.4, 0.5) is 0 Å².